The lowest BCUT2D eigenvalue weighted by molar-refractivity contribution is 0.670. The Bertz CT molecular complexity index is 1640. The molecule has 3 heterocycles. The molecule has 0 atom stereocenters. The van der Waals surface area contributed by atoms with Crippen LogP contribution in [0.2, 0.25) is 0 Å². The Labute approximate surface area is 203 Å². The molecule has 0 bridgehead atoms. The molecule has 0 aliphatic carbocycles. The summed E-state index contributed by atoms with van der Waals surface area (Å²) in [5.74, 6) is 1.01. The van der Waals surface area contributed by atoms with Crippen molar-refractivity contribution in [1.82, 2.24) is 4.98 Å². The first kappa shape index (κ1) is 21.1. The van der Waals surface area contributed by atoms with Gasteiger partial charge in [0.2, 0.25) is 0 Å². The molecule has 0 spiro atoms. The highest BCUT2D eigenvalue weighted by Gasteiger charge is 2.15. The van der Waals surface area contributed by atoms with Gasteiger partial charge in [0.1, 0.15) is 11.2 Å². The first-order valence-corrected chi connectivity index (χ1v) is 12.7. The number of hydrogen-bond acceptors (Lipinski definition) is 3. The van der Waals surface area contributed by atoms with Gasteiger partial charge in [0.05, 0.1) is 10.4 Å². The monoisotopic (exact) mass is 461 g/mol. The number of pyridine rings is 1. The Morgan fingerprint density at radius 3 is 2.26 bits per heavy atom. The molecule has 0 radical (unpaired) electrons. The molecule has 6 aromatic rings. The van der Waals surface area contributed by atoms with E-state index < -0.39 is 0 Å². The van der Waals surface area contributed by atoms with Gasteiger partial charge in [0.15, 0.2) is 0 Å². The van der Waals surface area contributed by atoms with E-state index in [1.807, 2.05) is 29.7 Å². The number of para-hydroxylation sites is 2. The van der Waals surface area contributed by atoms with Crippen LogP contribution in [0.3, 0.4) is 0 Å². The number of benzene rings is 3. The Balaban J connectivity index is 1.48. The van der Waals surface area contributed by atoms with Gasteiger partial charge in [-0.1, -0.05) is 76.2 Å². The van der Waals surface area contributed by atoms with Crippen LogP contribution in [-0.2, 0) is 0 Å². The fourth-order valence-electron chi connectivity index (χ4n) is 4.67. The molecule has 0 aliphatic rings. The molecule has 0 N–H and O–H groups in total. The molecule has 6 rings (SSSR count). The van der Waals surface area contributed by atoms with Gasteiger partial charge in [0.25, 0.3) is 0 Å². The van der Waals surface area contributed by atoms with Crippen molar-refractivity contribution >= 4 is 43.4 Å². The summed E-state index contributed by atoms with van der Waals surface area (Å²) >= 11 is 1.82. The Morgan fingerprint density at radius 2 is 1.50 bits per heavy atom. The zero-order valence-electron chi connectivity index (χ0n) is 19.9. The maximum Gasteiger partial charge on any atom is 0.144 e. The van der Waals surface area contributed by atoms with Crippen LogP contribution in [0.5, 0.6) is 0 Å². The van der Waals surface area contributed by atoms with E-state index in [-0.39, 0.29) is 0 Å². The van der Waals surface area contributed by atoms with Crippen molar-refractivity contribution in [2.75, 3.05) is 0 Å². The van der Waals surface area contributed by atoms with Crippen LogP contribution in [0.4, 0.5) is 0 Å². The molecule has 168 valence electrons. The largest absolute Gasteiger partial charge is 0.455 e. The predicted molar refractivity (Wildman–Crippen MR) is 146 cm³/mol. The van der Waals surface area contributed by atoms with Gasteiger partial charge in [-0.3, -0.25) is 4.98 Å². The summed E-state index contributed by atoms with van der Waals surface area (Å²) in [7, 11) is 0. The zero-order chi connectivity index (χ0) is 23.4. The number of nitrogens with zero attached hydrogens (tertiary/aromatic N) is 1. The second-order valence-corrected chi connectivity index (χ2v) is 10.8. The van der Waals surface area contributed by atoms with Gasteiger partial charge in [0, 0.05) is 27.4 Å². The Hall–Kier alpha value is -3.43. The number of aromatic nitrogens is 1. The van der Waals surface area contributed by atoms with Gasteiger partial charge >= 0.3 is 0 Å². The van der Waals surface area contributed by atoms with Crippen molar-refractivity contribution in [3.8, 4) is 21.7 Å². The maximum absolute atomic E-state index is 6.26. The number of thiophene rings is 1. The third kappa shape index (κ3) is 3.52. The van der Waals surface area contributed by atoms with Crippen LogP contribution < -0.4 is 0 Å². The summed E-state index contributed by atoms with van der Waals surface area (Å²) in [4.78, 5) is 6.14. The number of fused-ring (bicyclic) bond motifs is 4. The first-order valence-electron chi connectivity index (χ1n) is 11.9. The number of furan rings is 1. The van der Waals surface area contributed by atoms with E-state index in [1.54, 1.807) is 0 Å². The van der Waals surface area contributed by atoms with Crippen molar-refractivity contribution < 1.29 is 4.42 Å². The van der Waals surface area contributed by atoms with Crippen molar-refractivity contribution in [3.05, 3.63) is 90.1 Å². The summed E-state index contributed by atoms with van der Waals surface area (Å²) in [6, 6.07) is 26.1. The highest BCUT2D eigenvalue weighted by Crippen LogP contribution is 2.39. The Morgan fingerprint density at radius 1 is 0.765 bits per heavy atom. The van der Waals surface area contributed by atoms with Crippen LogP contribution in [-0.4, -0.2) is 4.98 Å². The third-order valence-electron chi connectivity index (χ3n) is 6.68. The van der Waals surface area contributed by atoms with Crippen molar-refractivity contribution in [1.29, 1.82) is 0 Å². The molecule has 3 heteroatoms. The van der Waals surface area contributed by atoms with Gasteiger partial charge in [-0.05, 0) is 58.2 Å². The summed E-state index contributed by atoms with van der Waals surface area (Å²) in [5.41, 5.74) is 7.89. The minimum atomic E-state index is 0.504. The molecule has 0 amide bonds. The van der Waals surface area contributed by atoms with Crippen molar-refractivity contribution in [2.45, 2.75) is 39.5 Å². The average molecular weight is 462 g/mol. The molecule has 0 saturated carbocycles. The molecular weight excluding hydrogens is 434 g/mol. The Kier molecular flexibility index (Phi) is 5.04. The number of hydrogen-bond donors (Lipinski definition) is 0. The van der Waals surface area contributed by atoms with E-state index in [9.17, 15) is 0 Å². The number of rotatable bonds is 4. The smallest absolute Gasteiger partial charge is 0.144 e. The second-order valence-electron chi connectivity index (χ2n) is 9.70. The van der Waals surface area contributed by atoms with Crippen LogP contribution in [0, 0.1) is 0 Å². The summed E-state index contributed by atoms with van der Waals surface area (Å²) < 4.78 is 7.46. The van der Waals surface area contributed by atoms with E-state index in [2.05, 4.69) is 88.4 Å². The normalized spacial score (nSPS) is 12.1. The molecule has 0 saturated heterocycles. The lowest BCUT2D eigenvalue weighted by atomic mass is 9.92. The van der Waals surface area contributed by atoms with E-state index in [0.717, 1.165) is 33.2 Å². The van der Waals surface area contributed by atoms with E-state index in [4.69, 9.17) is 9.40 Å². The third-order valence-corrected chi connectivity index (χ3v) is 7.81. The highest BCUT2D eigenvalue weighted by molar-refractivity contribution is 7.22. The molecule has 3 aromatic heterocycles. The summed E-state index contributed by atoms with van der Waals surface area (Å²) in [6.07, 6.45) is 2.01. The zero-order valence-corrected chi connectivity index (χ0v) is 20.7. The SMILES string of the molecule is CC(C)c1cc(-c2cc3cc(-c4cccc5c4oc4ccccc45)ncc3s2)cc(C(C)C)c1. The van der Waals surface area contributed by atoms with Gasteiger partial charge < -0.3 is 4.42 Å². The standard InChI is InChI=1S/C31H27NOS/c1-18(2)20-12-21(19(3)4)14-22(13-20)29-16-23-15-27(32-17-30(23)34-29)26-10-7-9-25-24-8-5-6-11-28(24)33-31(25)26/h5-19H,1-4H3. The lowest BCUT2D eigenvalue weighted by Gasteiger charge is -2.13. The fourth-order valence-corrected chi connectivity index (χ4v) is 5.67. The quantitative estimate of drug-likeness (QED) is 0.261. The minimum Gasteiger partial charge on any atom is -0.455 e. The molecule has 0 aliphatic heterocycles. The van der Waals surface area contributed by atoms with E-state index >= 15 is 0 Å². The van der Waals surface area contributed by atoms with Crippen molar-refractivity contribution in [2.24, 2.45) is 0 Å². The average Bonchev–Trinajstić information content (AvgIpc) is 3.44. The van der Waals surface area contributed by atoms with E-state index in [1.165, 1.54) is 31.7 Å². The molecule has 3 aromatic carbocycles. The van der Waals surface area contributed by atoms with Gasteiger partial charge in [-0.25, -0.2) is 0 Å². The molecule has 2 nitrogen and oxygen atoms in total. The summed E-state index contributed by atoms with van der Waals surface area (Å²) in [6.45, 7) is 9.07. The molecule has 0 unspecified atom stereocenters. The minimum absolute atomic E-state index is 0.504. The first-order chi connectivity index (χ1) is 16.5. The van der Waals surface area contributed by atoms with Crippen molar-refractivity contribution in [3.63, 3.8) is 0 Å². The molecule has 0 fully saturated rings. The van der Waals surface area contributed by atoms with E-state index in [0.29, 0.717) is 11.8 Å². The fraction of sp³-hybridized carbons (Fsp3) is 0.194. The lowest BCUT2D eigenvalue weighted by Crippen LogP contribution is -1.94. The van der Waals surface area contributed by atoms with Crippen LogP contribution in [0.1, 0.15) is 50.7 Å². The summed E-state index contributed by atoms with van der Waals surface area (Å²) in [5, 5.41) is 3.50. The second kappa shape index (κ2) is 8.11. The topological polar surface area (TPSA) is 26.0 Å². The molecular formula is C31H27NOS. The molecule has 34 heavy (non-hydrogen) atoms. The van der Waals surface area contributed by atoms with Gasteiger partial charge in [-0.15, -0.1) is 11.3 Å². The highest BCUT2D eigenvalue weighted by atomic mass is 32.1. The van der Waals surface area contributed by atoms with Gasteiger partial charge in [-0.2, -0.15) is 0 Å². The van der Waals surface area contributed by atoms with Crippen LogP contribution in [0.25, 0.3) is 53.7 Å². The van der Waals surface area contributed by atoms with Crippen LogP contribution >= 0.6 is 11.3 Å². The van der Waals surface area contributed by atoms with Crippen LogP contribution in [0.15, 0.2) is 83.4 Å². The predicted octanol–water partition coefficient (Wildman–Crippen LogP) is 9.78. The maximum atomic E-state index is 6.26.